The van der Waals surface area contributed by atoms with Crippen LogP contribution in [0.15, 0.2) is 35.6 Å². The van der Waals surface area contributed by atoms with E-state index < -0.39 is 0 Å². The lowest BCUT2D eigenvalue weighted by Gasteiger charge is -2.22. The maximum Gasteiger partial charge on any atom is 0.133 e. The van der Waals surface area contributed by atoms with E-state index in [1.54, 1.807) is 27.5 Å². The molecule has 1 atom stereocenters. The number of ether oxygens (including phenoxy) is 3. The largest absolute Gasteiger partial charge is 0.496 e. The van der Waals surface area contributed by atoms with Gasteiger partial charge in [0.2, 0.25) is 0 Å². The lowest BCUT2D eigenvalue weighted by atomic mass is 10.1. The lowest BCUT2D eigenvalue weighted by molar-refractivity contribution is 0.374. The van der Waals surface area contributed by atoms with Crippen LogP contribution in [0.2, 0.25) is 0 Å². The van der Waals surface area contributed by atoms with Crippen LogP contribution in [0.4, 0.5) is 0 Å². The number of aliphatic imine (C=N–C) groups is 1. The summed E-state index contributed by atoms with van der Waals surface area (Å²) in [6, 6.07) is 3.77. The molecule has 0 bridgehead atoms. The van der Waals surface area contributed by atoms with Gasteiger partial charge in [-0.2, -0.15) is 0 Å². The summed E-state index contributed by atoms with van der Waals surface area (Å²) in [4.78, 5) is 6.21. The van der Waals surface area contributed by atoms with Gasteiger partial charge in [-0.3, -0.25) is 4.99 Å². The van der Waals surface area contributed by atoms with Gasteiger partial charge in [0.1, 0.15) is 17.2 Å². The normalized spacial score (nSPS) is 17.3. The Labute approximate surface area is 125 Å². The van der Waals surface area contributed by atoms with Gasteiger partial charge in [0.25, 0.3) is 0 Å². The van der Waals surface area contributed by atoms with Gasteiger partial charge in [0.05, 0.1) is 32.9 Å². The van der Waals surface area contributed by atoms with E-state index >= 15 is 0 Å². The molecule has 1 aliphatic rings. The van der Waals surface area contributed by atoms with Crippen LogP contribution in [0.3, 0.4) is 0 Å². The molecule has 21 heavy (non-hydrogen) atoms. The summed E-state index contributed by atoms with van der Waals surface area (Å²) in [5, 5.41) is 0. The van der Waals surface area contributed by atoms with Crippen molar-refractivity contribution in [3.05, 3.63) is 36.2 Å². The molecule has 0 N–H and O–H groups in total. The zero-order valence-electron chi connectivity index (χ0n) is 12.7. The van der Waals surface area contributed by atoms with Crippen LogP contribution in [0.1, 0.15) is 5.56 Å². The Hall–Kier alpha value is -2.43. The first-order valence-electron chi connectivity index (χ1n) is 6.59. The molecule has 1 heterocycles. The molecule has 0 saturated heterocycles. The van der Waals surface area contributed by atoms with Crippen molar-refractivity contribution in [1.82, 2.24) is 4.90 Å². The fourth-order valence-corrected chi connectivity index (χ4v) is 2.06. The van der Waals surface area contributed by atoms with Gasteiger partial charge < -0.3 is 19.1 Å². The van der Waals surface area contributed by atoms with E-state index in [1.165, 1.54) is 0 Å². The second kappa shape index (κ2) is 6.83. The average Bonchev–Trinajstić information content (AvgIpc) is 2.53. The first-order valence-corrected chi connectivity index (χ1v) is 6.59. The Kier molecular flexibility index (Phi) is 4.87. The summed E-state index contributed by atoms with van der Waals surface area (Å²) >= 11 is 0. The van der Waals surface area contributed by atoms with Gasteiger partial charge in [0, 0.05) is 37.8 Å². The molecule has 0 spiro atoms. The molecule has 0 fully saturated rings. The Morgan fingerprint density at radius 2 is 1.76 bits per heavy atom. The van der Waals surface area contributed by atoms with Crippen LogP contribution in [0.5, 0.6) is 17.2 Å². The molecule has 1 aromatic carbocycles. The monoisotopic (exact) mass is 288 g/mol. The third kappa shape index (κ3) is 3.37. The molecule has 1 unspecified atom stereocenters. The zero-order chi connectivity index (χ0) is 15.2. The molecule has 5 nitrogen and oxygen atoms in total. The number of likely N-dealkylation sites (N-methyl/N-ethyl adjacent to an activating group) is 1. The maximum absolute atomic E-state index is 5.42. The SMILES string of the molecule is COc1cc(OC)c(/C=C/C2C=NC=CN2C)c(OC)c1. The molecule has 2 rings (SSSR count). The highest BCUT2D eigenvalue weighted by Gasteiger charge is 2.12. The van der Waals surface area contributed by atoms with E-state index in [9.17, 15) is 0 Å². The molecule has 1 aromatic rings. The third-order valence-corrected chi connectivity index (χ3v) is 3.31. The predicted octanol–water partition coefficient (Wildman–Crippen LogP) is 2.58. The molecule has 0 amide bonds. The maximum atomic E-state index is 5.42. The first kappa shape index (κ1) is 15.0. The third-order valence-electron chi connectivity index (χ3n) is 3.31. The van der Waals surface area contributed by atoms with Gasteiger partial charge in [-0.25, -0.2) is 0 Å². The van der Waals surface area contributed by atoms with Crippen molar-refractivity contribution in [2.24, 2.45) is 4.99 Å². The van der Waals surface area contributed by atoms with E-state index in [-0.39, 0.29) is 6.04 Å². The summed E-state index contributed by atoms with van der Waals surface area (Å²) in [6.07, 6.45) is 9.58. The predicted molar refractivity (Wildman–Crippen MR) is 84.3 cm³/mol. The van der Waals surface area contributed by atoms with Gasteiger partial charge in [-0.1, -0.05) is 6.08 Å². The highest BCUT2D eigenvalue weighted by atomic mass is 16.5. The molecule has 0 aromatic heterocycles. The molecule has 1 aliphatic heterocycles. The van der Waals surface area contributed by atoms with E-state index in [1.807, 2.05) is 43.7 Å². The molecule has 112 valence electrons. The fourth-order valence-electron chi connectivity index (χ4n) is 2.06. The number of rotatable bonds is 5. The van der Waals surface area contributed by atoms with Crippen LogP contribution < -0.4 is 14.2 Å². The number of methoxy groups -OCH3 is 3. The molecule has 5 heteroatoms. The van der Waals surface area contributed by atoms with Gasteiger partial charge in [-0.15, -0.1) is 0 Å². The minimum absolute atomic E-state index is 0.103. The van der Waals surface area contributed by atoms with Crippen LogP contribution in [-0.4, -0.2) is 45.5 Å². The van der Waals surface area contributed by atoms with Crippen molar-refractivity contribution >= 4 is 12.3 Å². The van der Waals surface area contributed by atoms with Crippen molar-refractivity contribution in [2.45, 2.75) is 6.04 Å². The first-order chi connectivity index (χ1) is 10.2. The Morgan fingerprint density at radius 1 is 1.10 bits per heavy atom. The highest BCUT2D eigenvalue weighted by molar-refractivity contribution is 5.74. The fraction of sp³-hybridized carbons (Fsp3) is 0.312. The molecule has 0 radical (unpaired) electrons. The van der Waals surface area contributed by atoms with Crippen LogP contribution in [-0.2, 0) is 0 Å². The quantitative estimate of drug-likeness (QED) is 0.835. The summed E-state index contributed by atoms with van der Waals surface area (Å²) in [5.41, 5.74) is 0.872. The smallest absolute Gasteiger partial charge is 0.133 e. The van der Waals surface area contributed by atoms with Crippen LogP contribution in [0, 0.1) is 0 Å². The van der Waals surface area contributed by atoms with E-state index in [0.29, 0.717) is 17.2 Å². The Bertz CT molecular complexity index is 554. The summed E-state index contributed by atoms with van der Waals surface area (Å²) in [7, 11) is 6.87. The molecular weight excluding hydrogens is 268 g/mol. The summed E-state index contributed by atoms with van der Waals surface area (Å²) in [6.45, 7) is 0. The minimum atomic E-state index is 0.103. The summed E-state index contributed by atoms with van der Waals surface area (Å²) < 4.78 is 16.1. The molecular formula is C16H20N2O3. The standard InChI is InChI=1S/C16H20N2O3/c1-18-8-7-17-11-12(18)5-6-14-15(20-3)9-13(19-2)10-16(14)21-4/h5-12H,1-4H3/b6-5+. The second-order valence-electron chi connectivity index (χ2n) is 4.56. The van der Waals surface area contributed by atoms with Crippen LogP contribution in [0.25, 0.3) is 6.08 Å². The second-order valence-corrected chi connectivity index (χ2v) is 4.56. The number of hydrogen-bond acceptors (Lipinski definition) is 5. The van der Waals surface area contributed by atoms with Crippen molar-refractivity contribution in [3.8, 4) is 17.2 Å². The number of benzene rings is 1. The Balaban J connectivity index is 2.34. The lowest BCUT2D eigenvalue weighted by Crippen LogP contribution is -2.27. The minimum Gasteiger partial charge on any atom is -0.496 e. The summed E-state index contributed by atoms with van der Waals surface area (Å²) in [5.74, 6) is 2.10. The number of nitrogens with zero attached hydrogens (tertiary/aromatic N) is 2. The Morgan fingerprint density at radius 3 is 2.29 bits per heavy atom. The highest BCUT2D eigenvalue weighted by Crippen LogP contribution is 2.35. The topological polar surface area (TPSA) is 43.3 Å². The van der Waals surface area contributed by atoms with Crippen molar-refractivity contribution < 1.29 is 14.2 Å². The van der Waals surface area contributed by atoms with E-state index in [4.69, 9.17) is 14.2 Å². The van der Waals surface area contributed by atoms with Gasteiger partial charge >= 0.3 is 0 Å². The average molecular weight is 288 g/mol. The van der Waals surface area contributed by atoms with E-state index in [0.717, 1.165) is 5.56 Å². The molecule has 0 saturated carbocycles. The van der Waals surface area contributed by atoms with Crippen molar-refractivity contribution in [2.75, 3.05) is 28.4 Å². The van der Waals surface area contributed by atoms with Crippen molar-refractivity contribution in [3.63, 3.8) is 0 Å². The van der Waals surface area contributed by atoms with Gasteiger partial charge in [-0.05, 0) is 6.08 Å². The van der Waals surface area contributed by atoms with E-state index in [2.05, 4.69) is 9.89 Å². The van der Waals surface area contributed by atoms with Crippen molar-refractivity contribution in [1.29, 1.82) is 0 Å². The van der Waals surface area contributed by atoms with Gasteiger partial charge in [0.15, 0.2) is 0 Å². The van der Waals surface area contributed by atoms with Crippen LogP contribution >= 0.6 is 0 Å². The zero-order valence-corrected chi connectivity index (χ0v) is 12.7. The number of hydrogen-bond donors (Lipinski definition) is 0. The molecule has 0 aliphatic carbocycles.